The van der Waals surface area contributed by atoms with Gasteiger partial charge in [-0.15, -0.1) is 0 Å². The Morgan fingerprint density at radius 1 is 0.780 bits per heavy atom. The molecule has 10 nitrogen and oxygen atoms in total. The Labute approximate surface area is 239 Å². The first-order valence-electron chi connectivity index (χ1n) is 14.2. The lowest BCUT2D eigenvalue weighted by Gasteiger charge is -2.28. The maximum Gasteiger partial charge on any atom is 0.410 e. The lowest BCUT2D eigenvalue weighted by molar-refractivity contribution is 0.0210. The molecule has 41 heavy (non-hydrogen) atoms. The van der Waals surface area contributed by atoms with E-state index < -0.39 is 5.60 Å². The Kier molecular flexibility index (Phi) is 7.95. The Bertz CT molecular complexity index is 1300. The molecular weight excluding hydrogens is 524 g/mol. The van der Waals surface area contributed by atoms with Crippen LogP contribution in [0.2, 0.25) is 0 Å². The number of rotatable bonds is 8. The zero-order valence-electron chi connectivity index (χ0n) is 23.7. The lowest BCUT2D eigenvalue weighted by Crippen LogP contribution is -2.44. The smallest absolute Gasteiger partial charge is 0.410 e. The first-order valence-corrected chi connectivity index (χ1v) is 14.2. The van der Waals surface area contributed by atoms with E-state index in [2.05, 4.69) is 5.32 Å². The van der Waals surface area contributed by atoms with Gasteiger partial charge in [-0.2, -0.15) is 0 Å². The minimum absolute atomic E-state index is 0.148. The van der Waals surface area contributed by atoms with Crippen LogP contribution in [0.25, 0.3) is 0 Å². The predicted octanol–water partition coefficient (Wildman–Crippen LogP) is 3.72. The van der Waals surface area contributed by atoms with E-state index in [4.69, 9.17) is 4.74 Å². The number of benzene rings is 2. The number of ether oxygens (including phenoxy) is 1. The molecule has 216 valence electrons. The van der Waals surface area contributed by atoms with Crippen LogP contribution in [-0.2, 0) is 4.74 Å². The van der Waals surface area contributed by atoms with Crippen LogP contribution in [0, 0.1) is 0 Å². The van der Waals surface area contributed by atoms with Crippen LogP contribution in [0.15, 0.2) is 48.5 Å². The van der Waals surface area contributed by atoms with Crippen molar-refractivity contribution in [1.82, 2.24) is 20.0 Å². The topological polar surface area (TPSA) is 116 Å². The molecule has 0 bridgehead atoms. The summed E-state index contributed by atoms with van der Waals surface area (Å²) in [6, 6.07) is 14.5. The summed E-state index contributed by atoms with van der Waals surface area (Å²) in [6.45, 7) is 7.09. The monoisotopic (exact) mass is 560 g/mol. The molecule has 0 aromatic heterocycles. The number of hydrogen-bond donors (Lipinski definition) is 1. The van der Waals surface area contributed by atoms with Crippen molar-refractivity contribution in [2.45, 2.75) is 64.1 Å². The molecule has 2 aromatic rings. The highest BCUT2D eigenvalue weighted by Crippen LogP contribution is 2.29. The first kappa shape index (κ1) is 28.5. The zero-order chi connectivity index (χ0) is 29.3. The van der Waals surface area contributed by atoms with Crippen LogP contribution < -0.4 is 5.32 Å². The summed E-state index contributed by atoms with van der Waals surface area (Å²) in [5, 5.41) is 3.31. The van der Waals surface area contributed by atoms with Gasteiger partial charge in [0.15, 0.2) is 0 Å². The van der Waals surface area contributed by atoms with Crippen LogP contribution >= 0.6 is 0 Å². The largest absolute Gasteiger partial charge is 0.444 e. The summed E-state index contributed by atoms with van der Waals surface area (Å²) in [7, 11) is 0. The van der Waals surface area contributed by atoms with Crippen molar-refractivity contribution in [1.29, 1.82) is 0 Å². The fraction of sp³-hybridized carbons (Fsp3) is 0.452. The van der Waals surface area contributed by atoms with Crippen molar-refractivity contribution in [2.75, 3.05) is 26.2 Å². The van der Waals surface area contributed by atoms with Crippen LogP contribution in [0.5, 0.6) is 0 Å². The molecule has 2 aromatic carbocycles. The number of amides is 5. The average molecular weight is 561 g/mol. The van der Waals surface area contributed by atoms with E-state index in [0.29, 0.717) is 47.9 Å². The molecule has 0 spiro atoms. The Morgan fingerprint density at radius 2 is 1.22 bits per heavy atom. The molecule has 10 heteroatoms. The molecule has 0 radical (unpaired) electrons. The maximum atomic E-state index is 12.4. The molecule has 5 amide bonds. The standard InChI is InChI=1S/C18H22N2O4.C13H14N2O2/c1-18(2,3)24-17(23)19(12-8-9-12)10-11-20-15(21)13-6-4-5-7-14(13)16(20)22;16-12-10-3-1-2-4-11(10)13(17)15(12)8-7-14-9-5-6-9/h4-7,12H,8-11H2,1-3H3;1-4,9,14H,5-8H2. The molecule has 0 saturated heterocycles. The number of hydrogen-bond acceptors (Lipinski definition) is 7. The Hall–Kier alpha value is -4.05. The Balaban J connectivity index is 0.000000174. The molecule has 1 N–H and O–H groups in total. The van der Waals surface area contributed by atoms with E-state index in [-0.39, 0.29) is 42.3 Å². The third-order valence-electron chi connectivity index (χ3n) is 7.28. The minimum Gasteiger partial charge on any atom is -0.444 e. The van der Waals surface area contributed by atoms with Gasteiger partial charge in [-0.1, -0.05) is 24.3 Å². The van der Waals surface area contributed by atoms with E-state index >= 15 is 0 Å². The fourth-order valence-electron chi connectivity index (χ4n) is 4.89. The number of nitrogens with one attached hydrogen (secondary N) is 1. The van der Waals surface area contributed by atoms with Gasteiger partial charge in [0.05, 0.1) is 22.3 Å². The van der Waals surface area contributed by atoms with Gasteiger partial charge in [0, 0.05) is 38.3 Å². The normalized spacial score (nSPS) is 17.7. The van der Waals surface area contributed by atoms with Gasteiger partial charge >= 0.3 is 6.09 Å². The van der Waals surface area contributed by atoms with Crippen molar-refractivity contribution in [2.24, 2.45) is 0 Å². The van der Waals surface area contributed by atoms with E-state index in [1.54, 1.807) is 53.4 Å². The lowest BCUT2D eigenvalue weighted by atomic mass is 10.1. The summed E-state index contributed by atoms with van der Waals surface area (Å²) in [4.78, 5) is 65.2. The minimum atomic E-state index is -0.570. The SMILES string of the molecule is CC(C)(C)OC(=O)N(CCN1C(=O)c2ccccc2C1=O)C1CC1.O=C1c2ccccc2C(=O)N1CCNC1CC1. The summed E-state index contributed by atoms with van der Waals surface area (Å²) < 4.78 is 5.43. The number of fused-ring (bicyclic) bond motifs is 2. The van der Waals surface area contributed by atoms with Gasteiger partial charge < -0.3 is 15.0 Å². The van der Waals surface area contributed by atoms with Crippen molar-refractivity contribution in [3.05, 3.63) is 70.8 Å². The molecule has 0 atom stereocenters. The van der Waals surface area contributed by atoms with Crippen molar-refractivity contribution < 1.29 is 28.7 Å². The number of carbonyl (C=O) groups excluding carboxylic acids is 5. The van der Waals surface area contributed by atoms with Crippen LogP contribution in [0.4, 0.5) is 4.79 Å². The molecule has 2 fully saturated rings. The number of nitrogens with zero attached hydrogens (tertiary/aromatic N) is 3. The quantitative estimate of drug-likeness (QED) is 0.489. The molecule has 2 aliphatic heterocycles. The van der Waals surface area contributed by atoms with Gasteiger partial charge in [0.2, 0.25) is 0 Å². The van der Waals surface area contributed by atoms with E-state index in [9.17, 15) is 24.0 Å². The van der Waals surface area contributed by atoms with Crippen LogP contribution in [-0.4, -0.2) is 88.3 Å². The van der Waals surface area contributed by atoms with E-state index in [1.165, 1.54) is 22.6 Å². The van der Waals surface area contributed by atoms with Gasteiger partial charge in [-0.3, -0.25) is 29.0 Å². The summed E-state index contributed by atoms with van der Waals surface area (Å²) in [5.41, 5.74) is 1.35. The number of carbonyl (C=O) groups is 5. The number of imide groups is 2. The molecule has 0 unspecified atom stereocenters. The summed E-state index contributed by atoms with van der Waals surface area (Å²) >= 11 is 0. The molecule has 2 aliphatic carbocycles. The van der Waals surface area contributed by atoms with Gasteiger partial charge in [0.1, 0.15) is 5.60 Å². The summed E-state index contributed by atoms with van der Waals surface area (Å²) in [5.74, 6) is -0.919. The molecular formula is C31H36N4O6. The highest BCUT2D eigenvalue weighted by Gasteiger charge is 2.39. The first-order chi connectivity index (χ1) is 19.5. The predicted molar refractivity (Wildman–Crippen MR) is 151 cm³/mol. The van der Waals surface area contributed by atoms with Crippen LogP contribution in [0.3, 0.4) is 0 Å². The van der Waals surface area contributed by atoms with E-state index in [0.717, 1.165) is 12.8 Å². The Morgan fingerprint density at radius 3 is 1.61 bits per heavy atom. The van der Waals surface area contributed by atoms with E-state index in [1.807, 2.05) is 20.8 Å². The van der Waals surface area contributed by atoms with Crippen molar-refractivity contribution >= 4 is 29.7 Å². The van der Waals surface area contributed by atoms with Gasteiger partial charge in [-0.05, 0) is 70.7 Å². The second-order valence-corrected chi connectivity index (χ2v) is 11.7. The molecule has 4 aliphatic rings. The van der Waals surface area contributed by atoms with Gasteiger partial charge in [-0.25, -0.2) is 4.79 Å². The zero-order valence-corrected chi connectivity index (χ0v) is 23.7. The summed E-state index contributed by atoms with van der Waals surface area (Å²) in [6.07, 6.45) is 3.90. The molecule has 2 heterocycles. The van der Waals surface area contributed by atoms with Crippen LogP contribution in [0.1, 0.15) is 87.9 Å². The second kappa shape index (κ2) is 11.4. The molecule has 6 rings (SSSR count). The second-order valence-electron chi connectivity index (χ2n) is 11.7. The highest BCUT2D eigenvalue weighted by atomic mass is 16.6. The molecule has 2 saturated carbocycles. The fourth-order valence-corrected chi connectivity index (χ4v) is 4.89. The highest BCUT2D eigenvalue weighted by molar-refractivity contribution is 6.22. The third-order valence-corrected chi connectivity index (χ3v) is 7.28. The van der Waals surface area contributed by atoms with Crippen molar-refractivity contribution in [3.8, 4) is 0 Å². The third kappa shape index (κ3) is 6.48. The van der Waals surface area contributed by atoms with Gasteiger partial charge in [0.25, 0.3) is 23.6 Å². The average Bonchev–Trinajstić information content (AvgIpc) is 3.87. The maximum absolute atomic E-state index is 12.4. The van der Waals surface area contributed by atoms with Crippen molar-refractivity contribution in [3.63, 3.8) is 0 Å².